The fraction of sp³-hybridized carbons (Fsp3) is 0.667. The van der Waals surface area contributed by atoms with Gasteiger partial charge < -0.3 is 10.1 Å². The maximum atomic E-state index is 12.5. The normalized spacial score (nSPS) is 18.1. The van der Waals surface area contributed by atoms with Crippen LogP contribution in [0.5, 0.6) is 0 Å². The molecule has 0 aliphatic carbocycles. The van der Waals surface area contributed by atoms with E-state index in [9.17, 15) is 13.2 Å². The molecule has 164 valence electrons. The van der Waals surface area contributed by atoms with Crippen LogP contribution in [0.1, 0.15) is 38.7 Å². The molecule has 0 spiro atoms. The van der Waals surface area contributed by atoms with Crippen LogP contribution >= 0.6 is 0 Å². The number of aryl methyl sites for hydroxylation is 1. The Bertz CT molecular complexity index is 735. The first-order valence-corrected chi connectivity index (χ1v) is 11.9. The molecule has 2 rings (SSSR count). The Hall–Kier alpha value is -1.48. The molecule has 0 bridgehead atoms. The molecule has 1 atom stereocenters. The third-order valence-electron chi connectivity index (χ3n) is 4.96. The highest BCUT2D eigenvalue weighted by Crippen LogP contribution is 2.17. The highest BCUT2D eigenvalue weighted by molar-refractivity contribution is 7.89. The van der Waals surface area contributed by atoms with E-state index in [1.165, 1.54) is 0 Å². The Morgan fingerprint density at radius 1 is 1.28 bits per heavy atom. The summed E-state index contributed by atoms with van der Waals surface area (Å²) in [6.07, 6.45) is 2.93. The number of hydrogen-bond acceptors (Lipinski definition) is 5. The molecule has 8 heteroatoms. The van der Waals surface area contributed by atoms with Crippen molar-refractivity contribution in [2.75, 3.05) is 39.3 Å². The molecule has 7 nitrogen and oxygen atoms in total. The Morgan fingerprint density at radius 3 is 2.69 bits per heavy atom. The molecule has 0 radical (unpaired) electrons. The van der Waals surface area contributed by atoms with Gasteiger partial charge in [0.1, 0.15) is 0 Å². The lowest BCUT2D eigenvalue weighted by Gasteiger charge is -2.32. The van der Waals surface area contributed by atoms with Crippen molar-refractivity contribution in [3.05, 3.63) is 29.8 Å². The van der Waals surface area contributed by atoms with Gasteiger partial charge in [-0.15, -0.1) is 0 Å². The number of ether oxygens (including phenoxy) is 1. The molecule has 0 aromatic heterocycles. The van der Waals surface area contributed by atoms with Crippen molar-refractivity contribution in [3.8, 4) is 0 Å². The van der Waals surface area contributed by atoms with Gasteiger partial charge in [0.05, 0.1) is 17.5 Å². The van der Waals surface area contributed by atoms with E-state index in [4.69, 9.17) is 4.74 Å². The minimum absolute atomic E-state index is 0.00966. The van der Waals surface area contributed by atoms with Crippen LogP contribution in [-0.2, 0) is 19.6 Å². The van der Waals surface area contributed by atoms with E-state index in [1.807, 2.05) is 20.8 Å². The minimum atomic E-state index is -3.50. The smallest absolute Gasteiger partial charge is 0.240 e. The fourth-order valence-corrected chi connectivity index (χ4v) is 4.48. The number of piperidine rings is 1. The van der Waals surface area contributed by atoms with Crippen LogP contribution in [0.4, 0.5) is 0 Å². The average molecular weight is 426 g/mol. The molecule has 1 amide bonds. The van der Waals surface area contributed by atoms with Gasteiger partial charge in [-0.3, -0.25) is 9.69 Å². The second-order valence-electron chi connectivity index (χ2n) is 8.03. The number of benzene rings is 1. The maximum absolute atomic E-state index is 12.5. The lowest BCUT2D eigenvalue weighted by molar-refractivity contribution is -0.122. The number of amides is 1. The molecule has 1 heterocycles. The lowest BCUT2D eigenvalue weighted by atomic mass is 9.98. The topological polar surface area (TPSA) is 87.7 Å². The lowest BCUT2D eigenvalue weighted by Crippen LogP contribution is -2.45. The SMILES string of the molecule is Cc1ccc(S(=O)(=O)NCC2CCCN(CC(=O)NCCCOC(C)C)C2)cc1. The first-order chi connectivity index (χ1) is 13.8. The van der Waals surface area contributed by atoms with Crippen molar-refractivity contribution in [1.82, 2.24) is 14.9 Å². The number of likely N-dealkylation sites (tertiary alicyclic amines) is 1. The van der Waals surface area contributed by atoms with E-state index >= 15 is 0 Å². The van der Waals surface area contributed by atoms with Crippen LogP contribution < -0.4 is 10.0 Å². The molecule has 1 aromatic carbocycles. The van der Waals surface area contributed by atoms with Crippen LogP contribution in [0.25, 0.3) is 0 Å². The summed E-state index contributed by atoms with van der Waals surface area (Å²) in [5, 5.41) is 2.93. The van der Waals surface area contributed by atoms with Crippen molar-refractivity contribution in [1.29, 1.82) is 0 Å². The number of carbonyl (C=O) groups is 1. The molecule has 1 unspecified atom stereocenters. The quantitative estimate of drug-likeness (QED) is 0.529. The number of sulfonamides is 1. The summed E-state index contributed by atoms with van der Waals surface area (Å²) in [4.78, 5) is 14.5. The minimum Gasteiger partial charge on any atom is -0.379 e. The van der Waals surface area contributed by atoms with Crippen LogP contribution in [-0.4, -0.2) is 64.7 Å². The predicted molar refractivity (Wildman–Crippen MR) is 114 cm³/mol. The van der Waals surface area contributed by atoms with Gasteiger partial charge in [-0.2, -0.15) is 0 Å². The Kier molecular flexibility index (Phi) is 9.55. The summed E-state index contributed by atoms with van der Waals surface area (Å²) in [6.45, 7) is 9.50. The number of rotatable bonds is 11. The molecule has 1 aliphatic rings. The van der Waals surface area contributed by atoms with E-state index in [0.717, 1.165) is 37.9 Å². The summed E-state index contributed by atoms with van der Waals surface area (Å²) >= 11 is 0. The Morgan fingerprint density at radius 2 is 2.00 bits per heavy atom. The molecule has 0 saturated carbocycles. The third kappa shape index (κ3) is 8.82. The predicted octanol–water partition coefficient (Wildman–Crippen LogP) is 1.92. The fourth-order valence-electron chi connectivity index (χ4n) is 3.37. The van der Waals surface area contributed by atoms with Gasteiger partial charge in [0.25, 0.3) is 0 Å². The summed E-state index contributed by atoms with van der Waals surface area (Å²) in [6, 6.07) is 6.84. The van der Waals surface area contributed by atoms with Crippen LogP contribution in [0.3, 0.4) is 0 Å². The van der Waals surface area contributed by atoms with Gasteiger partial charge in [-0.25, -0.2) is 13.1 Å². The molecule has 1 saturated heterocycles. The highest BCUT2D eigenvalue weighted by Gasteiger charge is 2.23. The number of nitrogens with zero attached hydrogens (tertiary/aromatic N) is 1. The van der Waals surface area contributed by atoms with Crippen LogP contribution in [0.2, 0.25) is 0 Å². The number of hydrogen-bond donors (Lipinski definition) is 2. The first kappa shape index (κ1) is 23.8. The van der Waals surface area contributed by atoms with E-state index in [-0.39, 0.29) is 22.8 Å². The molecule has 1 aromatic rings. The summed E-state index contributed by atoms with van der Waals surface area (Å²) in [5.74, 6) is 0.214. The zero-order chi connectivity index (χ0) is 21.3. The van der Waals surface area contributed by atoms with E-state index in [2.05, 4.69) is 14.9 Å². The molecular formula is C21H35N3O4S. The molecular weight excluding hydrogens is 390 g/mol. The standard InChI is InChI=1S/C21H35N3O4S/c1-17(2)28-13-5-11-22-21(25)16-24-12-4-6-19(15-24)14-23-29(26,27)20-9-7-18(3)8-10-20/h7-10,17,19,23H,4-6,11-16H2,1-3H3,(H,22,25). The summed E-state index contributed by atoms with van der Waals surface area (Å²) in [5.41, 5.74) is 1.03. The maximum Gasteiger partial charge on any atom is 0.240 e. The Labute approximate surface area is 175 Å². The van der Waals surface area contributed by atoms with Crippen LogP contribution in [0.15, 0.2) is 29.2 Å². The molecule has 29 heavy (non-hydrogen) atoms. The van der Waals surface area contributed by atoms with Gasteiger partial charge in [-0.05, 0) is 64.6 Å². The second-order valence-corrected chi connectivity index (χ2v) is 9.80. The summed E-state index contributed by atoms with van der Waals surface area (Å²) < 4.78 is 33.1. The van der Waals surface area contributed by atoms with E-state index < -0.39 is 10.0 Å². The third-order valence-corrected chi connectivity index (χ3v) is 6.40. The first-order valence-electron chi connectivity index (χ1n) is 10.4. The monoisotopic (exact) mass is 425 g/mol. The second kappa shape index (κ2) is 11.6. The van der Waals surface area contributed by atoms with Crippen LogP contribution in [0, 0.1) is 12.8 Å². The van der Waals surface area contributed by atoms with E-state index in [1.54, 1.807) is 24.3 Å². The largest absolute Gasteiger partial charge is 0.379 e. The number of nitrogens with one attached hydrogen (secondary N) is 2. The molecule has 1 aliphatic heterocycles. The van der Waals surface area contributed by atoms with Crippen molar-refractivity contribution in [2.45, 2.75) is 51.0 Å². The van der Waals surface area contributed by atoms with Gasteiger partial charge >= 0.3 is 0 Å². The van der Waals surface area contributed by atoms with Crippen molar-refractivity contribution >= 4 is 15.9 Å². The van der Waals surface area contributed by atoms with Gasteiger partial charge in [0, 0.05) is 26.2 Å². The van der Waals surface area contributed by atoms with Gasteiger partial charge in [-0.1, -0.05) is 17.7 Å². The Balaban J connectivity index is 1.71. The van der Waals surface area contributed by atoms with Crippen molar-refractivity contribution < 1.29 is 17.9 Å². The van der Waals surface area contributed by atoms with Crippen molar-refractivity contribution in [3.63, 3.8) is 0 Å². The molecule has 1 fully saturated rings. The zero-order valence-electron chi connectivity index (χ0n) is 17.8. The van der Waals surface area contributed by atoms with Gasteiger partial charge in [0.2, 0.25) is 15.9 Å². The van der Waals surface area contributed by atoms with Crippen molar-refractivity contribution in [2.24, 2.45) is 5.92 Å². The van der Waals surface area contributed by atoms with Gasteiger partial charge in [0.15, 0.2) is 0 Å². The highest BCUT2D eigenvalue weighted by atomic mass is 32.2. The van der Waals surface area contributed by atoms with E-state index in [0.29, 0.717) is 26.2 Å². The average Bonchev–Trinajstić information content (AvgIpc) is 2.66. The summed E-state index contributed by atoms with van der Waals surface area (Å²) in [7, 11) is -3.50. The molecule has 2 N–H and O–H groups in total. The number of carbonyl (C=O) groups excluding carboxylic acids is 1. The zero-order valence-corrected chi connectivity index (χ0v) is 18.6.